The number of hydrogen-bond acceptors (Lipinski definition) is 6. The number of nitro benzene ring substituents is 1. The normalized spacial score (nSPS) is 18.5. The standard InChI is InChI=1S/C19H18N4O5S/c1-19(12-7-9-13(10-8-12)23(27)28)17(25)22(18(26)21-19)11-16(24)20-14-5-3-4-6-15(14)29-2/h3-10H,11H2,1-2H3,(H,20,24)(H,21,26)/t19-/m1/s1. The molecular weight excluding hydrogens is 396 g/mol. The molecule has 1 aliphatic heterocycles. The van der Waals surface area contributed by atoms with Crippen molar-refractivity contribution in [2.75, 3.05) is 18.1 Å². The lowest BCUT2D eigenvalue weighted by Crippen LogP contribution is -2.42. The van der Waals surface area contributed by atoms with E-state index in [2.05, 4.69) is 10.6 Å². The van der Waals surface area contributed by atoms with Gasteiger partial charge in [-0.25, -0.2) is 4.79 Å². The molecule has 29 heavy (non-hydrogen) atoms. The van der Waals surface area contributed by atoms with Gasteiger partial charge in [-0.2, -0.15) is 0 Å². The second-order valence-electron chi connectivity index (χ2n) is 6.50. The van der Waals surface area contributed by atoms with E-state index in [-0.39, 0.29) is 5.69 Å². The highest BCUT2D eigenvalue weighted by Gasteiger charge is 2.49. The molecule has 9 nitrogen and oxygen atoms in total. The number of nitro groups is 1. The highest BCUT2D eigenvalue weighted by Crippen LogP contribution is 2.30. The molecule has 10 heteroatoms. The summed E-state index contributed by atoms with van der Waals surface area (Å²) in [6, 6.07) is 11.8. The molecule has 1 fully saturated rings. The number of thioether (sulfide) groups is 1. The molecule has 0 bridgehead atoms. The topological polar surface area (TPSA) is 122 Å². The van der Waals surface area contributed by atoms with Gasteiger partial charge in [0.05, 0.1) is 10.6 Å². The van der Waals surface area contributed by atoms with Gasteiger partial charge < -0.3 is 10.6 Å². The highest BCUT2D eigenvalue weighted by atomic mass is 32.2. The fourth-order valence-corrected chi connectivity index (χ4v) is 3.59. The third-order valence-electron chi connectivity index (χ3n) is 4.61. The average molecular weight is 414 g/mol. The first-order chi connectivity index (χ1) is 13.8. The summed E-state index contributed by atoms with van der Waals surface area (Å²) in [5.41, 5.74) is -0.561. The Kier molecular flexibility index (Phi) is 5.55. The van der Waals surface area contributed by atoms with Crippen LogP contribution >= 0.6 is 11.8 Å². The Morgan fingerprint density at radius 3 is 2.48 bits per heavy atom. The zero-order valence-corrected chi connectivity index (χ0v) is 16.5. The Hall–Kier alpha value is -3.40. The molecule has 0 radical (unpaired) electrons. The molecule has 0 spiro atoms. The average Bonchev–Trinajstić information content (AvgIpc) is 2.92. The number of nitrogens with zero attached hydrogens (tertiary/aromatic N) is 2. The summed E-state index contributed by atoms with van der Waals surface area (Å²) in [6.45, 7) is 1.05. The number of non-ortho nitro benzene ring substituents is 1. The molecule has 1 atom stereocenters. The third-order valence-corrected chi connectivity index (χ3v) is 5.41. The lowest BCUT2D eigenvalue weighted by molar-refractivity contribution is -0.384. The number of amides is 4. The second kappa shape index (κ2) is 7.92. The Bertz CT molecular complexity index is 994. The van der Waals surface area contributed by atoms with Crippen LogP contribution in [-0.2, 0) is 15.1 Å². The smallest absolute Gasteiger partial charge is 0.324 e. The van der Waals surface area contributed by atoms with Crippen molar-refractivity contribution in [3.05, 3.63) is 64.2 Å². The van der Waals surface area contributed by atoms with Crippen LogP contribution < -0.4 is 10.6 Å². The van der Waals surface area contributed by atoms with Crippen LogP contribution in [-0.4, -0.2) is 40.5 Å². The largest absolute Gasteiger partial charge is 0.325 e. The summed E-state index contributed by atoms with van der Waals surface area (Å²) in [6.07, 6.45) is 1.87. The molecule has 0 saturated carbocycles. The molecule has 0 aromatic heterocycles. The fourth-order valence-electron chi connectivity index (χ4n) is 3.03. The van der Waals surface area contributed by atoms with Crippen molar-refractivity contribution in [1.29, 1.82) is 0 Å². The molecule has 0 aliphatic carbocycles. The molecule has 2 aromatic rings. The van der Waals surface area contributed by atoms with Crippen LogP contribution in [0.15, 0.2) is 53.4 Å². The summed E-state index contributed by atoms with van der Waals surface area (Å²) in [5, 5.41) is 16.1. The number of nitrogens with one attached hydrogen (secondary N) is 2. The molecule has 1 heterocycles. The molecule has 2 N–H and O–H groups in total. The van der Waals surface area contributed by atoms with Crippen LogP contribution in [0.4, 0.5) is 16.2 Å². The van der Waals surface area contributed by atoms with Gasteiger partial charge >= 0.3 is 6.03 Å². The molecule has 1 aliphatic rings. The number of urea groups is 1. The number of para-hydroxylation sites is 1. The molecule has 0 unspecified atom stereocenters. The van der Waals surface area contributed by atoms with E-state index >= 15 is 0 Å². The van der Waals surface area contributed by atoms with Crippen molar-refractivity contribution in [3.8, 4) is 0 Å². The molecule has 1 saturated heterocycles. The van der Waals surface area contributed by atoms with Crippen molar-refractivity contribution in [2.24, 2.45) is 0 Å². The van der Waals surface area contributed by atoms with Crippen molar-refractivity contribution in [3.63, 3.8) is 0 Å². The van der Waals surface area contributed by atoms with E-state index in [1.54, 1.807) is 12.1 Å². The molecule has 2 aromatic carbocycles. The van der Waals surface area contributed by atoms with Gasteiger partial charge in [0.1, 0.15) is 12.1 Å². The van der Waals surface area contributed by atoms with Crippen LogP contribution in [0.25, 0.3) is 0 Å². The van der Waals surface area contributed by atoms with Crippen LogP contribution in [0.2, 0.25) is 0 Å². The van der Waals surface area contributed by atoms with Crippen molar-refractivity contribution >= 4 is 41.0 Å². The van der Waals surface area contributed by atoms with E-state index in [9.17, 15) is 24.5 Å². The zero-order chi connectivity index (χ0) is 21.2. The van der Waals surface area contributed by atoms with Gasteiger partial charge in [-0.15, -0.1) is 11.8 Å². The predicted octanol–water partition coefficient (Wildman–Crippen LogP) is 2.72. The lowest BCUT2D eigenvalue weighted by atomic mass is 9.92. The Morgan fingerprint density at radius 1 is 1.21 bits per heavy atom. The van der Waals surface area contributed by atoms with Crippen LogP contribution in [0.1, 0.15) is 12.5 Å². The number of hydrogen-bond donors (Lipinski definition) is 2. The van der Waals surface area contributed by atoms with Crippen molar-refractivity contribution in [1.82, 2.24) is 10.2 Å². The van der Waals surface area contributed by atoms with E-state index < -0.39 is 34.9 Å². The summed E-state index contributed by atoms with van der Waals surface area (Å²) in [7, 11) is 0. The molecular formula is C19H18N4O5S. The zero-order valence-electron chi connectivity index (χ0n) is 15.7. The summed E-state index contributed by atoms with van der Waals surface area (Å²) in [4.78, 5) is 49.6. The number of carbonyl (C=O) groups excluding carboxylic acids is 3. The minimum absolute atomic E-state index is 0.127. The van der Waals surface area contributed by atoms with Crippen LogP contribution in [0.5, 0.6) is 0 Å². The van der Waals surface area contributed by atoms with Gasteiger partial charge in [-0.1, -0.05) is 12.1 Å². The number of carbonyl (C=O) groups is 3. The second-order valence-corrected chi connectivity index (χ2v) is 7.35. The lowest BCUT2D eigenvalue weighted by Gasteiger charge is -2.22. The van der Waals surface area contributed by atoms with E-state index in [0.29, 0.717) is 11.3 Å². The van der Waals surface area contributed by atoms with Crippen LogP contribution in [0, 0.1) is 10.1 Å². The first-order valence-electron chi connectivity index (χ1n) is 8.58. The van der Waals surface area contributed by atoms with Crippen LogP contribution in [0.3, 0.4) is 0 Å². The molecule has 150 valence electrons. The molecule has 4 amide bonds. The number of benzene rings is 2. The van der Waals surface area contributed by atoms with Gasteiger partial charge in [0.15, 0.2) is 0 Å². The number of anilines is 1. The quantitative estimate of drug-likeness (QED) is 0.324. The van der Waals surface area contributed by atoms with Gasteiger partial charge in [-0.05, 0) is 43.0 Å². The predicted molar refractivity (Wildman–Crippen MR) is 108 cm³/mol. The number of rotatable bonds is 6. The maximum absolute atomic E-state index is 12.9. The van der Waals surface area contributed by atoms with Gasteiger partial charge in [0, 0.05) is 17.0 Å². The first-order valence-corrected chi connectivity index (χ1v) is 9.80. The van der Waals surface area contributed by atoms with E-state index in [1.807, 2.05) is 18.4 Å². The minimum atomic E-state index is -1.41. The van der Waals surface area contributed by atoms with Gasteiger partial charge in [-0.3, -0.25) is 24.6 Å². The third kappa shape index (κ3) is 3.92. The maximum Gasteiger partial charge on any atom is 0.325 e. The summed E-state index contributed by atoms with van der Waals surface area (Å²) in [5.74, 6) is -1.12. The van der Waals surface area contributed by atoms with Gasteiger partial charge in [0.2, 0.25) is 5.91 Å². The minimum Gasteiger partial charge on any atom is -0.324 e. The molecule has 3 rings (SSSR count). The van der Waals surface area contributed by atoms with E-state index in [1.165, 1.54) is 43.0 Å². The first kappa shape index (κ1) is 20.3. The van der Waals surface area contributed by atoms with Crippen molar-refractivity contribution < 1.29 is 19.3 Å². The Labute approximate surface area is 170 Å². The summed E-state index contributed by atoms with van der Waals surface area (Å²) < 4.78 is 0. The van der Waals surface area contributed by atoms with E-state index in [4.69, 9.17) is 0 Å². The Morgan fingerprint density at radius 2 is 1.86 bits per heavy atom. The highest BCUT2D eigenvalue weighted by molar-refractivity contribution is 7.98. The van der Waals surface area contributed by atoms with E-state index in [0.717, 1.165) is 9.80 Å². The monoisotopic (exact) mass is 414 g/mol. The number of imide groups is 1. The van der Waals surface area contributed by atoms with Gasteiger partial charge in [0.25, 0.3) is 11.6 Å². The SMILES string of the molecule is CSc1ccccc1NC(=O)CN1C(=O)N[C@](C)(c2ccc([N+](=O)[O-])cc2)C1=O. The van der Waals surface area contributed by atoms with Crippen molar-refractivity contribution in [2.45, 2.75) is 17.4 Å². The fraction of sp³-hybridized carbons (Fsp3) is 0.211. The summed E-state index contributed by atoms with van der Waals surface area (Å²) >= 11 is 1.46. The maximum atomic E-state index is 12.9. The Balaban J connectivity index is 1.76.